The van der Waals surface area contributed by atoms with E-state index in [2.05, 4.69) is 44.7 Å². The highest BCUT2D eigenvalue weighted by Crippen LogP contribution is 2.02. The first-order valence-corrected chi connectivity index (χ1v) is 6.58. The van der Waals surface area contributed by atoms with E-state index in [1.807, 2.05) is 0 Å². The third kappa shape index (κ3) is 9.13. The van der Waals surface area contributed by atoms with Gasteiger partial charge >= 0.3 is 0 Å². The molecule has 0 aliphatic carbocycles. The second kappa shape index (κ2) is 8.97. The van der Waals surface area contributed by atoms with Gasteiger partial charge in [-0.05, 0) is 39.4 Å². The van der Waals surface area contributed by atoms with Crippen molar-refractivity contribution in [1.82, 2.24) is 9.80 Å². The third-order valence-electron chi connectivity index (χ3n) is 2.83. The van der Waals surface area contributed by atoms with E-state index in [1.54, 1.807) is 0 Å². The number of rotatable bonds is 9. The lowest BCUT2D eigenvalue weighted by Gasteiger charge is -2.26. The van der Waals surface area contributed by atoms with Gasteiger partial charge in [0.25, 0.3) is 0 Å². The monoisotopic (exact) mass is 229 g/mol. The van der Waals surface area contributed by atoms with Crippen LogP contribution in [0.15, 0.2) is 0 Å². The Kier molecular flexibility index (Phi) is 8.90. The topological polar surface area (TPSA) is 32.5 Å². The van der Waals surface area contributed by atoms with Crippen molar-refractivity contribution in [1.29, 1.82) is 0 Å². The van der Waals surface area contributed by atoms with Gasteiger partial charge in [-0.1, -0.05) is 20.8 Å². The molecule has 0 fully saturated rings. The fraction of sp³-hybridized carbons (Fsp3) is 1.00. The van der Waals surface area contributed by atoms with Crippen LogP contribution >= 0.6 is 0 Å². The Bertz CT molecular complexity index is 157. The van der Waals surface area contributed by atoms with Crippen molar-refractivity contribution in [3.8, 4) is 0 Å². The molecular formula is C13H31N3. The first kappa shape index (κ1) is 15.9. The summed E-state index contributed by atoms with van der Waals surface area (Å²) in [7, 11) is 4.26. The highest BCUT2D eigenvalue weighted by Gasteiger charge is 2.09. The summed E-state index contributed by atoms with van der Waals surface area (Å²) in [6, 6.07) is 0.369. The Morgan fingerprint density at radius 1 is 1.06 bits per heavy atom. The molecule has 0 aliphatic heterocycles. The fourth-order valence-corrected chi connectivity index (χ4v) is 1.70. The summed E-state index contributed by atoms with van der Waals surface area (Å²) < 4.78 is 0. The molecule has 0 bridgehead atoms. The molecule has 0 saturated heterocycles. The predicted molar refractivity (Wildman–Crippen MR) is 72.7 cm³/mol. The number of hydrogen-bond acceptors (Lipinski definition) is 3. The average Bonchev–Trinajstić information content (AvgIpc) is 2.20. The molecule has 0 aromatic rings. The molecule has 0 amide bonds. The van der Waals surface area contributed by atoms with Crippen LogP contribution in [0.1, 0.15) is 33.6 Å². The Hall–Kier alpha value is -0.120. The van der Waals surface area contributed by atoms with E-state index in [-0.39, 0.29) is 0 Å². The molecule has 16 heavy (non-hydrogen) atoms. The van der Waals surface area contributed by atoms with E-state index in [4.69, 9.17) is 5.73 Å². The van der Waals surface area contributed by atoms with Crippen LogP contribution in [0.3, 0.4) is 0 Å². The largest absolute Gasteiger partial charge is 0.328 e. The van der Waals surface area contributed by atoms with Gasteiger partial charge in [0.1, 0.15) is 0 Å². The van der Waals surface area contributed by atoms with Gasteiger partial charge in [-0.2, -0.15) is 0 Å². The molecule has 0 saturated carbocycles. The van der Waals surface area contributed by atoms with Crippen molar-refractivity contribution in [2.45, 2.75) is 39.7 Å². The SMILES string of the molecule is CCC(N)CCN(CCN(C)C)CC(C)C. The maximum absolute atomic E-state index is 5.97. The fourth-order valence-electron chi connectivity index (χ4n) is 1.70. The van der Waals surface area contributed by atoms with Crippen LogP contribution in [-0.4, -0.2) is 56.1 Å². The summed E-state index contributed by atoms with van der Waals surface area (Å²) in [5.74, 6) is 0.736. The highest BCUT2D eigenvalue weighted by molar-refractivity contribution is 4.66. The van der Waals surface area contributed by atoms with Gasteiger partial charge in [-0.3, -0.25) is 0 Å². The van der Waals surface area contributed by atoms with Crippen molar-refractivity contribution in [2.24, 2.45) is 11.7 Å². The normalized spacial score (nSPS) is 14.1. The van der Waals surface area contributed by atoms with Crippen molar-refractivity contribution in [3.05, 3.63) is 0 Å². The molecular weight excluding hydrogens is 198 g/mol. The Balaban J connectivity index is 3.89. The quantitative estimate of drug-likeness (QED) is 0.652. The van der Waals surface area contributed by atoms with E-state index in [1.165, 1.54) is 6.54 Å². The van der Waals surface area contributed by atoms with E-state index in [9.17, 15) is 0 Å². The molecule has 1 atom stereocenters. The minimum absolute atomic E-state index is 0.369. The molecule has 0 spiro atoms. The first-order chi connectivity index (χ1) is 7.45. The van der Waals surface area contributed by atoms with Crippen molar-refractivity contribution < 1.29 is 0 Å². The lowest BCUT2D eigenvalue weighted by atomic mass is 10.1. The van der Waals surface area contributed by atoms with Crippen LogP contribution in [0.5, 0.6) is 0 Å². The van der Waals surface area contributed by atoms with Gasteiger partial charge in [0, 0.05) is 25.7 Å². The first-order valence-electron chi connectivity index (χ1n) is 6.58. The number of nitrogens with two attached hydrogens (primary N) is 1. The van der Waals surface area contributed by atoms with Gasteiger partial charge in [0.05, 0.1) is 0 Å². The van der Waals surface area contributed by atoms with Gasteiger partial charge in [-0.15, -0.1) is 0 Å². The Morgan fingerprint density at radius 3 is 2.12 bits per heavy atom. The summed E-state index contributed by atoms with van der Waals surface area (Å²) in [6.45, 7) is 11.3. The molecule has 1 unspecified atom stereocenters. The minimum atomic E-state index is 0.369. The summed E-state index contributed by atoms with van der Waals surface area (Å²) in [6.07, 6.45) is 2.21. The van der Waals surface area contributed by atoms with E-state index < -0.39 is 0 Å². The van der Waals surface area contributed by atoms with Crippen LogP contribution in [0.4, 0.5) is 0 Å². The van der Waals surface area contributed by atoms with Crippen LogP contribution in [-0.2, 0) is 0 Å². The molecule has 0 radical (unpaired) electrons. The molecule has 0 aromatic heterocycles. The van der Waals surface area contributed by atoms with E-state index in [0.29, 0.717) is 6.04 Å². The molecule has 3 nitrogen and oxygen atoms in total. The summed E-state index contributed by atoms with van der Waals surface area (Å²) in [4.78, 5) is 4.78. The molecule has 98 valence electrons. The van der Waals surface area contributed by atoms with Crippen LogP contribution < -0.4 is 5.73 Å². The molecule has 0 aliphatic rings. The minimum Gasteiger partial charge on any atom is -0.328 e. The van der Waals surface area contributed by atoms with Crippen LogP contribution in [0.25, 0.3) is 0 Å². The third-order valence-corrected chi connectivity index (χ3v) is 2.83. The van der Waals surface area contributed by atoms with Gasteiger partial charge in [-0.25, -0.2) is 0 Å². The zero-order valence-corrected chi connectivity index (χ0v) is 11.9. The van der Waals surface area contributed by atoms with Crippen molar-refractivity contribution in [2.75, 3.05) is 40.3 Å². The number of likely N-dealkylation sites (N-methyl/N-ethyl adjacent to an activating group) is 1. The maximum Gasteiger partial charge on any atom is 0.0109 e. The zero-order valence-electron chi connectivity index (χ0n) is 11.9. The van der Waals surface area contributed by atoms with Crippen LogP contribution in [0.2, 0.25) is 0 Å². The zero-order chi connectivity index (χ0) is 12.6. The average molecular weight is 229 g/mol. The van der Waals surface area contributed by atoms with Crippen molar-refractivity contribution >= 4 is 0 Å². The second-order valence-corrected chi connectivity index (χ2v) is 5.45. The molecule has 2 N–H and O–H groups in total. The molecule has 0 heterocycles. The number of hydrogen-bond donors (Lipinski definition) is 1. The molecule has 0 rings (SSSR count). The second-order valence-electron chi connectivity index (χ2n) is 5.45. The van der Waals surface area contributed by atoms with E-state index in [0.717, 1.165) is 38.4 Å². The number of nitrogens with zero attached hydrogens (tertiary/aromatic N) is 2. The highest BCUT2D eigenvalue weighted by atomic mass is 15.2. The summed E-state index contributed by atoms with van der Waals surface area (Å²) in [5.41, 5.74) is 5.97. The summed E-state index contributed by atoms with van der Waals surface area (Å²) >= 11 is 0. The van der Waals surface area contributed by atoms with Crippen LogP contribution in [0, 0.1) is 5.92 Å². The van der Waals surface area contributed by atoms with E-state index >= 15 is 0 Å². The smallest absolute Gasteiger partial charge is 0.0109 e. The Morgan fingerprint density at radius 2 is 1.69 bits per heavy atom. The summed E-state index contributed by atoms with van der Waals surface area (Å²) in [5, 5.41) is 0. The maximum atomic E-state index is 5.97. The molecule has 0 aromatic carbocycles. The van der Waals surface area contributed by atoms with Gasteiger partial charge in [0.2, 0.25) is 0 Å². The van der Waals surface area contributed by atoms with Gasteiger partial charge < -0.3 is 15.5 Å². The predicted octanol–water partition coefficient (Wildman–Crippen LogP) is 1.63. The van der Waals surface area contributed by atoms with Crippen molar-refractivity contribution in [3.63, 3.8) is 0 Å². The molecule has 3 heteroatoms. The lowest BCUT2D eigenvalue weighted by Crippen LogP contribution is -2.37. The standard InChI is InChI=1S/C13H31N3/c1-6-13(14)7-8-16(11-12(2)3)10-9-15(4)5/h12-13H,6-11,14H2,1-5H3. The van der Waals surface area contributed by atoms with Gasteiger partial charge in [0.15, 0.2) is 0 Å². The Labute approximate surface area is 102 Å². The lowest BCUT2D eigenvalue weighted by molar-refractivity contribution is 0.212.